The van der Waals surface area contributed by atoms with Gasteiger partial charge in [-0.2, -0.15) is 4.98 Å². The summed E-state index contributed by atoms with van der Waals surface area (Å²) in [4.78, 5) is 6.65. The highest BCUT2D eigenvalue weighted by Gasteiger charge is 2.33. The van der Waals surface area contributed by atoms with Gasteiger partial charge in [-0.15, -0.1) is 6.58 Å². The molecule has 0 saturated carbocycles. The first-order chi connectivity index (χ1) is 15.5. The van der Waals surface area contributed by atoms with E-state index in [0.717, 1.165) is 28.1 Å². The van der Waals surface area contributed by atoms with Crippen LogP contribution in [0.2, 0.25) is 5.02 Å². The summed E-state index contributed by atoms with van der Waals surface area (Å²) in [6, 6.07) is 15.0. The second kappa shape index (κ2) is 9.54. The number of benzene rings is 2. The van der Waals surface area contributed by atoms with Crippen LogP contribution in [-0.4, -0.2) is 33.3 Å². The van der Waals surface area contributed by atoms with Gasteiger partial charge in [-0.3, -0.25) is 0 Å². The fourth-order valence-electron chi connectivity index (χ4n) is 3.63. The SMILES string of the molecule is C=CCN1C(=S)NC(c2ccc(OCC)cc2)C(c2nc(-c3ccc(Cl)cc3)no2)=C1C. The van der Waals surface area contributed by atoms with Gasteiger partial charge in [0.25, 0.3) is 5.89 Å². The summed E-state index contributed by atoms with van der Waals surface area (Å²) >= 11 is 11.6. The summed E-state index contributed by atoms with van der Waals surface area (Å²) < 4.78 is 11.3. The van der Waals surface area contributed by atoms with Crippen LogP contribution < -0.4 is 10.1 Å². The molecule has 0 amide bonds. The average molecular weight is 467 g/mol. The molecule has 1 aliphatic heterocycles. The average Bonchev–Trinajstić information content (AvgIpc) is 3.27. The number of nitrogens with zero attached hydrogens (tertiary/aromatic N) is 3. The molecule has 0 spiro atoms. The van der Waals surface area contributed by atoms with Gasteiger partial charge in [0.15, 0.2) is 5.11 Å². The quantitative estimate of drug-likeness (QED) is 0.357. The lowest BCUT2D eigenvalue weighted by molar-refractivity contribution is 0.340. The summed E-state index contributed by atoms with van der Waals surface area (Å²) in [7, 11) is 0. The van der Waals surface area contributed by atoms with Crippen LogP contribution in [0.3, 0.4) is 0 Å². The van der Waals surface area contributed by atoms with Crippen molar-refractivity contribution in [3.05, 3.63) is 83.4 Å². The standard InChI is InChI=1S/C24H23ClN4O2S/c1-4-14-29-15(3)20(23-27-22(28-31-23)17-6-10-18(25)11-7-17)21(26-24(29)32)16-8-12-19(13-9-16)30-5-2/h4,6-13,21H,1,5,14H2,2-3H3,(H,26,32). The second-order valence-electron chi connectivity index (χ2n) is 7.21. The second-order valence-corrected chi connectivity index (χ2v) is 8.04. The van der Waals surface area contributed by atoms with Crippen LogP contribution in [0.4, 0.5) is 0 Å². The predicted molar refractivity (Wildman–Crippen MR) is 130 cm³/mol. The Balaban J connectivity index is 1.77. The Bertz CT molecular complexity index is 1160. The highest BCUT2D eigenvalue weighted by Crippen LogP contribution is 2.37. The topological polar surface area (TPSA) is 63.4 Å². The molecule has 32 heavy (non-hydrogen) atoms. The maximum Gasteiger partial charge on any atom is 0.258 e. The fourth-order valence-corrected chi connectivity index (χ4v) is 4.08. The van der Waals surface area contributed by atoms with Crippen molar-refractivity contribution in [2.24, 2.45) is 0 Å². The molecule has 0 saturated heterocycles. The van der Waals surface area contributed by atoms with Crippen LogP contribution in [0.1, 0.15) is 31.3 Å². The van der Waals surface area contributed by atoms with Gasteiger partial charge in [0, 0.05) is 22.8 Å². The molecule has 0 bridgehead atoms. The van der Waals surface area contributed by atoms with Gasteiger partial charge in [0.05, 0.1) is 18.2 Å². The predicted octanol–water partition coefficient (Wildman–Crippen LogP) is 5.64. The third-order valence-electron chi connectivity index (χ3n) is 5.19. The van der Waals surface area contributed by atoms with Crippen LogP contribution in [0.25, 0.3) is 17.0 Å². The monoisotopic (exact) mass is 466 g/mol. The van der Waals surface area contributed by atoms with Crippen LogP contribution in [0.15, 0.2) is 71.4 Å². The van der Waals surface area contributed by atoms with E-state index in [1.54, 1.807) is 18.2 Å². The molecule has 2 heterocycles. The van der Waals surface area contributed by atoms with Gasteiger partial charge in [0.1, 0.15) is 5.75 Å². The zero-order valence-corrected chi connectivity index (χ0v) is 19.4. The maximum atomic E-state index is 6.01. The van der Waals surface area contributed by atoms with Gasteiger partial charge >= 0.3 is 0 Å². The molecular formula is C24H23ClN4O2S. The number of hydrogen-bond donors (Lipinski definition) is 1. The van der Waals surface area contributed by atoms with Gasteiger partial charge in [-0.25, -0.2) is 0 Å². The summed E-state index contributed by atoms with van der Waals surface area (Å²) in [5, 5.41) is 8.88. The van der Waals surface area contributed by atoms with E-state index in [-0.39, 0.29) is 6.04 Å². The minimum atomic E-state index is -0.252. The molecular weight excluding hydrogens is 444 g/mol. The van der Waals surface area contributed by atoms with Gasteiger partial charge in [-0.1, -0.05) is 35.0 Å². The zero-order chi connectivity index (χ0) is 22.7. The highest BCUT2D eigenvalue weighted by atomic mass is 35.5. The molecule has 1 N–H and O–H groups in total. The van der Waals surface area contributed by atoms with Crippen molar-refractivity contribution in [3.63, 3.8) is 0 Å². The minimum absolute atomic E-state index is 0.252. The van der Waals surface area contributed by atoms with Crippen molar-refractivity contribution < 1.29 is 9.26 Å². The molecule has 1 unspecified atom stereocenters. The van der Waals surface area contributed by atoms with E-state index in [0.29, 0.717) is 35.0 Å². The van der Waals surface area contributed by atoms with E-state index in [2.05, 4.69) is 22.0 Å². The fraction of sp³-hybridized carbons (Fsp3) is 0.208. The van der Waals surface area contributed by atoms with Crippen LogP contribution in [0, 0.1) is 0 Å². The normalized spacial score (nSPS) is 16.2. The van der Waals surface area contributed by atoms with Crippen molar-refractivity contribution in [1.82, 2.24) is 20.4 Å². The molecule has 1 aromatic heterocycles. The summed E-state index contributed by atoms with van der Waals surface area (Å²) in [6.45, 7) is 8.99. The zero-order valence-electron chi connectivity index (χ0n) is 17.8. The maximum absolute atomic E-state index is 6.01. The molecule has 2 aromatic carbocycles. The minimum Gasteiger partial charge on any atom is -0.494 e. The molecule has 0 aliphatic carbocycles. The van der Waals surface area contributed by atoms with E-state index >= 15 is 0 Å². The smallest absolute Gasteiger partial charge is 0.258 e. The number of halogens is 1. The summed E-state index contributed by atoms with van der Waals surface area (Å²) in [5.74, 6) is 1.73. The molecule has 1 atom stereocenters. The Hall–Kier alpha value is -3.16. The highest BCUT2D eigenvalue weighted by molar-refractivity contribution is 7.80. The Morgan fingerprint density at radius 1 is 1.22 bits per heavy atom. The number of rotatable bonds is 7. The van der Waals surface area contributed by atoms with Crippen molar-refractivity contribution in [1.29, 1.82) is 0 Å². The van der Waals surface area contributed by atoms with Crippen molar-refractivity contribution in [2.75, 3.05) is 13.2 Å². The van der Waals surface area contributed by atoms with Crippen molar-refractivity contribution in [2.45, 2.75) is 19.9 Å². The molecule has 8 heteroatoms. The van der Waals surface area contributed by atoms with Crippen LogP contribution in [0.5, 0.6) is 5.75 Å². The van der Waals surface area contributed by atoms with Gasteiger partial charge in [-0.05, 0) is 68.0 Å². The number of nitrogens with one attached hydrogen (secondary N) is 1. The Labute approximate surface area is 197 Å². The van der Waals surface area contributed by atoms with Crippen molar-refractivity contribution >= 4 is 34.5 Å². The lowest BCUT2D eigenvalue weighted by atomic mass is 9.94. The first-order valence-electron chi connectivity index (χ1n) is 10.2. The number of allylic oxidation sites excluding steroid dienone is 1. The van der Waals surface area contributed by atoms with E-state index in [9.17, 15) is 0 Å². The molecule has 0 fully saturated rings. The number of hydrogen-bond acceptors (Lipinski definition) is 5. The Kier molecular flexibility index (Phi) is 6.58. The first kappa shape index (κ1) is 22.0. The number of aromatic nitrogens is 2. The molecule has 3 aromatic rings. The third-order valence-corrected chi connectivity index (χ3v) is 5.78. The van der Waals surface area contributed by atoms with Crippen molar-refractivity contribution in [3.8, 4) is 17.1 Å². The largest absolute Gasteiger partial charge is 0.494 e. The Morgan fingerprint density at radius 2 is 1.94 bits per heavy atom. The molecule has 164 valence electrons. The Morgan fingerprint density at radius 3 is 2.59 bits per heavy atom. The number of ether oxygens (including phenoxy) is 1. The van der Waals surface area contributed by atoms with Gasteiger partial charge < -0.3 is 19.5 Å². The van der Waals surface area contributed by atoms with E-state index in [4.69, 9.17) is 33.1 Å². The first-order valence-corrected chi connectivity index (χ1v) is 11.0. The van der Waals surface area contributed by atoms with Crippen LogP contribution in [-0.2, 0) is 0 Å². The molecule has 6 nitrogen and oxygen atoms in total. The summed E-state index contributed by atoms with van der Waals surface area (Å²) in [6.07, 6.45) is 1.80. The van der Waals surface area contributed by atoms with Gasteiger partial charge in [0.2, 0.25) is 5.82 Å². The number of thiocarbonyl (C=S) groups is 1. The molecule has 0 radical (unpaired) electrons. The molecule has 4 rings (SSSR count). The van der Waals surface area contributed by atoms with Crippen LogP contribution >= 0.6 is 23.8 Å². The molecule has 1 aliphatic rings. The van der Waals surface area contributed by atoms with E-state index < -0.39 is 0 Å². The van der Waals surface area contributed by atoms with E-state index in [1.165, 1.54) is 0 Å². The lowest BCUT2D eigenvalue weighted by Gasteiger charge is -2.36. The summed E-state index contributed by atoms with van der Waals surface area (Å²) in [5.41, 5.74) is 3.62. The van der Waals surface area contributed by atoms with E-state index in [1.807, 2.05) is 55.1 Å². The lowest BCUT2D eigenvalue weighted by Crippen LogP contribution is -2.45. The third kappa shape index (κ3) is 4.40.